The molecule has 18 heavy (non-hydrogen) atoms. The lowest BCUT2D eigenvalue weighted by Gasteiger charge is -2.30. The van der Waals surface area contributed by atoms with Crippen molar-refractivity contribution in [3.63, 3.8) is 0 Å². The van der Waals surface area contributed by atoms with Crippen LogP contribution in [0.5, 0.6) is 0 Å². The topological polar surface area (TPSA) is 50.9 Å². The Hall–Kier alpha value is -1.20. The van der Waals surface area contributed by atoms with E-state index in [2.05, 4.69) is 26.1 Å². The molecule has 1 aromatic carbocycles. The van der Waals surface area contributed by atoms with Gasteiger partial charge in [-0.05, 0) is 17.7 Å². The fourth-order valence-corrected chi connectivity index (χ4v) is 2.31. The molecule has 4 nitrogen and oxygen atoms in total. The van der Waals surface area contributed by atoms with Gasteiger partial charge in [-0.15, -0.1) is 10.2 Å². The molecule has 1 heterocycles. The number of nitrogens with zero attached hydrogens (tertiary/aromatic N) is 3. The quantitative estimate of drug-likeness (QED) is 0.948. The van der Waals surface area contributed by atoms with Crippen molar-refractivity contribution in [2.45, 2.75) is 25.4 Å². The maximum absolute atomic E-state index is 10.5. The summed E-state index contributed by atoms with van der Waals surface area (Å²) in [5.74, 6) is 0.569. The molecule has 0 saturated heterocycles. The largest absolute Gasteiger partial charge is 0.384 e. The van der Waals surface area contributed by atoms with Crippen LogP contribution >= 0.6 is 15.9 Å². The SMILES string of the molecule is Cn1cnnc1C(O)C(C)(C)c1cccc(Br)c1. The van der Waals surface area contributed by atoms with E-state index in [1.165, 1.54) is 0 Å². The number of halogens is 1. The lowest BCUT2D eigenvalue weighted by atomic mass is 9.79. The predicted molar refractivity (Wildman–Crippen MR) is 73.1 cm³/mol. The maximum Gasteiger partial charge on any atom is 0.162 e. The standard InChI is InChI=1S/C13H16BrN3O/c1-13(2,9-5-4-6-10(14)7-9)11(18)12-16-15-8-17(12)3/h4-8,11,18H,1-3H3. The fourth-order valence-electron chi connectivity index (χ4n) is 1.91. The number of aryl methyl sites for hydroxylation is 1. The number of benzene rings is 1. The number of aliphatic hydroxyl groups excluding tert-OH is 1. The number of aliphatic hydroxyl groups is 1. The van der Waals surface area contributed by atoms with E-state index in [9.17, 15) is 5.11 Å². The average Bonchev–Trinajstić information content (AvgIpc) is 2.74. The van der Waals surface area contributed by atoms with Crippen molar-refractivity contribution in [2.75, 3.05) is 0 Å². The first-order chi connectivity index (χ1) is 8.43. The molecule has 1 atom stereocenters. The van der Waals surface area contributed by atoms with Gasteiger partial charge in [0.05, 0.1) is 0 Å². The van der Waals surface area contributed by atoms with Gasteiger partial charge in [-0.1, -0.05) is 41.9 Å². The van der Waals surface area contributed by atoms with E-state index in [1.54, 1.807) is 10.9 Å². The highest BCUT2D eigenvalue weighted by atomic mass is 79.9. The van der Waals surface area contributed by atoms with Crippen LogP contribution in [0.3, 0.4) is 0 Å². The van der Waals surface area contributed by atoms with Crippen molar-refractivity contribution in [3.8, 4) is 0 Å². The van der Waals surface area contributed by atoms with E-state index in [0.29, 0.717) is 5.82 Å². The molecular weight excluding hydrogens is 294 g/mol. The Bertz CT molecular complexity index is 551. The zero-order chi connectivity index (χ0) is 13.3. The molecule has 1 N–H and O–H groups in total. The number of hydrogen-bond acceptors (Lipinski definition) is 3. The van der Waals surface area contributed by atoms with Crippen LogP contribution in [0.1, 0.15) is 31.3 Å². The second kappa shape index (κ2) is 4.82. The zero-order valence-electron chi connectivity index (χ0n) is 10.6. The summed E-state index contributed by atoms with van der Waals surface area (Å²) in [5.41, 5.74) is 0.609. The molecule has 0 radical (unpaired) electrons. The molecule has 0 aliphatic carbocycles. The number of aromatic nitrogens is 3. The lowest BCUT2D eigenvalue weighted by molar-refractivity contribution is 0.0886. The Morgan fingerprint density at radius 2 is 2.11 bits per heavy atom. The first kappa shape index (κ1) is 13.2. The highest BCUT2D eigenvalue weighted by Gasteiger charge is 2.34. The van der Waals surface area contributed by atoms with Crippen LogP contribution in [0.25, 0.3) is 0 Å². The molecule has 96 valence electrons. The molecule has 0 saturated carbocycles. The van der Waals surface area contributed by atoms with Crippen LogP contribution in [0.15, 0.2) is 35.1 Å². The normalized spacial score (nSPS) is 13.6. The minimum Gasteiger partial charge on any atom is -0.384 e. The fraction of sp³-hybridized carbons (Fsp3) is 0.385. The Kier molecular flexibility index (Phi) is 3.54. The Morgan fingerprint density at radius 1 is 1.39 bits per heavy atom. The van der Waals surface area contributed by atoms with Crippen molar-refractivity contribution in [2.24, 2.45) is 7.05 Å². The second-order valence-corrected chi connectivity index (χ2v) is 5.85. The van der Waals surface area contributed by atoms with Crippen molar-refractivity contribution in [3.05, 3.63) is 46.5 Å². The Labute approximate surface area is 115 Å². The highest BCUT2D eigenvalue weighted by molar-refractivity contribution is 9.10. The van der Waals surface area contributed by atoms with Gasteiger partial charge in [0.15, 0.2) is 5.82 Å². The molecular formula is C13H16BrN3O. The van der Waals surface area contributed by atoms with E-state index in [-0.39, 0.29) is 0 Å². The summed E-state index contributed by atoms with van der Waals surface area (Å²) in [6.07, 6.45) is 0.884. The molecule has 0 amide bonds. The smallest absolute Gasteiger partial charge is 0.162 e. The molecule has 1 aromatic heterocycles. The molecule has 2 rings (SSSR count). The number of rotatable bonds is 3. The predicted octanol–water partition coefficient (Wildman–Crippen LogP) is 2.59. The van der Waals surface area contributed by atoms with Crippen molar-refractivity contribution < 1.29 is 5.11 Å². The van der Waals surface area contributed by atoms with Crippen LogP contribution in [0.4, 0.5) is 0 Å². The highest BCUT2D eigenvalue weighted by Crippen LogP contribution is 2.36. The molecule has 0 bridgehead atoms. The van der Waals surface area contributed by atoms with Gasteiger partial charge in [-0.25, -0.2) is 0 Å². The van der Waals surface area contributed by atoms with E-state index in [0.717, 1.165) is 10.0 Å². The molecule has 0 spiro atoms. The first-order valence-corrected chi connectivity index (χ1v) is 6.50. The van der Waals surface area contributed by atoms with Gasteiger partial charge in [0.25, 0.3) is 0 Å². The molecule has 0 aliphatic heterocycles. The van der Waals surface area contributed by atoms with Crippen molar-refractivity contribution in [1.29, 1.82) is 0 Å². The van der Waals surface area contributed by atoms with Crippen LogP contribution in [0.2, 0.25) is 0 Å². The van der Waals surface area contributed by atoms with Crippen molar-refractivity contribution >= 4 is 15.9 Å². The van der Waals surface area contributed by atoms with Crippen LogP contribution in [-0.2, 0) is 12.5 Å². The summed E-state index contributed by atoms with van der Waals surface area (Å²) in [7, 11) is 1.83. The van der Waals surface area contributed by atoms with Gasteiger partial charge in [0, 0.05) is 16.9 Å². The monoisotopic (exact) mass is 309 g/mol. The third-order valence-electron chi connectivity index (χ3n) is 3.24. The lowest BCUT2D eigenvalue weighted by Crippen LogP contribution is -2.28. The van der Waals surface area contributed by atoms with Gasteiger partial charge in [0.2, 0.25) is 0 Å². The third-order valence-corrected chi connectivity index (χ3v) is 3.74. The van der Waals surface area contributed by atoms with Crippen LogP contribution < -0.4 is 0 Å². The summed E-state index contributed by atoms with van der Waals surface area (Å²) in [6.45, 7) is 3.99. The average molecular weight is 310 g/mol. The molecule has 1 unspecified atom stereocenters. The summed E-state index contributed by atoms with van der Waals surface area (Å²) in [5, 5.41) is 18.3. The Balaban J connectivity index is 2.39. The van der Waals surface area contributed by atoms with Gasteiger partial charge in [0.1, 0.15) is 12.4 Å². The summed E-state index contributed by atoms with van der Waals surface area (Å²) < 4.78 is 2.74. The minimum absolute atomic E-state index is 0.440. The number of hydrogen-bond donors (Lipinski definition) is 1. The van der Waals surface area contributed by atoms with Crippen LogP contribution in [0, 0.1) is 0 Å². The molecule has 0 fully saturated rings. The van der Waals surface area contributed by atoms with Gasteiger partial charge < -0.3 is 9.67 Å². The summed E-state index contributed by atoms with van der Waals surface area (Å²) >= 11 is 3.45. The first-order valence-electron chi connectivity index (χ1n) is 5.71. The van der Waals surface area contributed by atoms with Crippen LogP contribution in [-0.4, -0.2) is 19.9 Å². The van der Waals surface area contributed by atoms with E-state index >= 15 is 0 Å². The zero-order valence-corrected chi connectivity index (χ0v) is 12.2. The second-order valence-electron chi connectivity index (χ2n) is 4.93. The molecule has 5 heteroatoms. The Morgan fingerprint density at radius 3 is 2.67 bits per heavy atom. The summed E-state index contributed by atoms with van der Waals surface area (Å²) in [4.78, 5) is 0. The van der Waals surface area contributed by atoms with E-state index in [4.69, 9.17) is 0 Å². The minimum atomic E-state index is -0.709. The van der Waals surface area contributed by atoms with Crippen molar-refractivity contribution in [1.82, 2.24) is 14.8 Å². The maximum atomic E-state index is 10.5. The summed E-state index contributed by atoms with van der Waals surface area (Å²) in [6, 6.07) is 7.95. The van der Waals surface area contributed by atoms with E-state index < -0.39 is 11.5 Å². The van der Waals surface area contributed by atoms with E-state index in [1.807, 2.05) is 45.2 Å². The molecule has 2 aromatic rings. The molecule has 0 aliphatic rings. The van der Waals surface area contributed by atoms with Gasteiger partial charge in [-0.3, -0.25) is 0 Å². The van der Waals surface area contributed by atoms with Gasteiger partial charge in [-0.2, -0.15) is 0 Å². The third kappa shape index (κ3) is 2.33. The van der Waals surface area contributed by atoms with Gasteiger partial charge >= 0.3 is 0 Å².